The Balaban J connectivity index is 1.29. The number of urea groups is 1. The Morgan fingerprint density at radius 3 is 2.73 bits per heavy atom. The Hall–Kier alpha value is -4.63. The van der Waals surface area contributed by atoms with Crippen LogP contribution in [0.15, 0.2) is 72.8 Å². The van der Waals surface area contributed by atoms with E-state index >= 15 is 0 Å². The van der Waals surface area contributed by atoms with E-state index in [1.807, 2.05) is 48.5 Å². The number of methoxy groups -OCH3 is 1. The molecule has 0 bridgehead atoms. The van der Waals surface area contributed by atoms with Gasteiger partial charge in [0.1, 0.15) is 17.8 Å². The van der Waals surface area contributed by atoms with Crippen LogP contribution in [0.4, 0.5) is 10.5 Å². The van der Waals surface area contributed by atoms with Gasteiger partial charge in [-0.3, -0.25) is 14.5 Å². The number of imide groups is 1. The molecule has 3 aromatic carbocycles. The van der Waals surface area contributed by atoms with Crippen molar-refractivity contribution in [3.8, 4) is 5.75 Å². The van der Waals surface area contributed by atoms with E-state index in [-0.39, 0.29) is 29.2 Å². The molecule has 9 heteroatoms. The van der Waals surface area contributed by atoms with Gasteiger partial charge < -0.3 is 19.8 Å². The molecule has 4 heterocycles. The number of H-pyrrole nitrogens is 1. The molecule has 2 fully saturated rings. The van der Waals surface area contributed by atoms with Crippen molar-refractivity contribution in [2.24, 2.45) is 0 Å². The van der Waals surface area contributed by atoms with E-state index in [1.165, 1.54) is 4.90 Å². The number of amides is 4. The van der Waals surface area contributed by atoms with Crippen molar-refractivity contribution in [2.45, 2.75) is 37.5 Å². The minimum absolute atomic E-state index is 0.0254. The lowest BCUT2D eigenvalue weighted by Gasteiger charge is -2.36. The summed E-state index contributed by atoms with van der Waals surface area (Å²) in [5.41, 5.74) is 4.22. The molecule has 0 aliphatic carbocycles. The molecule has 3 aliphatic heterocycles. The lowest BCUT2D eigenvalue weighted by Crippen LogP contribution is -2.44. The van der Waals surface area contributed by atoms with Crippen LogP contribution in [0.5, 0.6) is 5.75 Å². The summed E-state index contributed by atoms with van der Waals surface area (Å²) in [6, 6.07) is 20.6. The molecule has 0 unspecified atom stereocenters. The Morgan fingerprint density at radius 1 is 1.07 bits per heavy atom. The molecule has 7 rings (SSSR count). The van der Waals surface area contributed by atoms with Crippen LogP contribution < -0.4 is 15.0 Å². The summed E-state index contributed by atoms with van der Waals surface area (Å²) < 4.78 is 11.1. The smallest absolute Gasteiger partial charge is 0.332 e. The van der Waals surface area contributed by atoms with Crippen molar-refractivity contribution in [3.63, 3.8) is 0 Å². The van der Waals surface area contributed by atoms with E-state index in [4.69, 9.17) is 9.47 Å². The number of nitrogens with one attached hydrogen (secondary N) is 2. The van der Waals surface area contributed by atoms with Crippen molar-refractivity contribution >= 4 is 34.4 Å². The quantitative estimate of drug-likeness (QED) is 0.343. The largest absolute Gasteiger partial charge is 0.497 e. The molecule has 2 N–H and O–H groups in total. The van der Waals surface area contributed by atoms with Gasteiger partial charge in [-0.2, -0.15) is 0 Å². The summed E-state index contributed by atoms with van der Waals surface area (Å²) in [5, 5.41) is 3.96. The topological polar surface area (TPSA) is 104 Å². The number of nitrogens with zero attached hydrogens (tertiary/aromatic N) is 2. The second-order valence-electron chi connectivity index (χ2n) is 10.7. The fourth-order valence-electron chi connectivity index (χ4n) is 6.42. The highest BCUT2D eigenvalue weighted by Crippen LogP contribution is 2.45. The van der Waals surface area contributed by atoms with Crippen LogP contribution in [0.3, 0.4) is 0 Å². The van der Waals surface area contributed by atoms with Crippen LogP contribution in [0.1, 0.15) is 46.1 Å². The van der Waals surface area contributed by atoms with Crippen molar-refractivity contribution in [1.82, 2.24) is 15.2 Å². The fourth-order valence-corrected chi connectivity index (χ4v) is 6.42. The third kappa shape index (κ3) is 4.15. The lowest BCUT2D eigenvalue weighted by molar-refractivity contribution is -0.120. The normalized spacial score (nSPS) is 21.7. The van der Waals surface area contributed by atoms with Crippen LogP contribution in [-0.4, -0.2) is 60.1 Å². The number of aromatic nitrogens is 1. The summed E-state index contributed by atoms with van der Waals surface area (Å²) in [7, 11) is 1.60. The number of hydrogen-bond acceptors (Lipinski definition) is 5. The first-order valence-corrected chi connectivity index (χ1v) is 13.9. The third-order valence-electron chi connectivity index (χ3n) is 8.36. The molecule has 3 aliphatic rings. The van der Waals surface area contributed by atoms with Crippen molar-refractivity contribution in [3.05, 3.63) is 95.2 Å². The SMILES string of the molecule is COc1cccc([C@@H]2c3[nH]c4ccccc4c3C[C@H]3C(=O)N(c4ccccc4C(=O)NC[C@H]4CCCO4)C(=O)N23)c1. The van der Waals surface area contributed by atoms with Crippen molar-refractivity contribution < 1.29 is 23.9 Å². The highest BCUT2D eigenvalue weighted by molar-refractivity contribution is 6.24. The Labute approximate surface area is 237 Å². The van der Waals surface area contributed by atoms with Gasteiger partial charge in [-0.15, -0.1) is 0 Å². The molecule has 1 aromatic heterocycles. The van der Waals surface area contributed by atoms with Gasteiger partial charge in [-0.05, 0) is 54.3 Å². The maximum Gasteiger partial charge on any atom is 0.332 e. The van der Waals surface area contributed by atoms with Crippen molar-refractivity contribution in [2.75, 3.05) is 25.2 Å². The molecule has 0 spiro atoms. The summed E-state index contributed by atoms with van der Waals surface area (Å²) in [6.45, 7) is 1.07. The average molecular weight is 551 g/mol. The summed E-state index contributed by atoms with van der Waals surface area (Å²) in [4.78, 5) is 48.1. The van der Waals surface area contributed by atoms with Gasteiger partial charge in [-0.25, -0.2) is 9.69 Å². The molecule has 0 saturated carbocycles. The van der Waals surface area contributed by atoms with Gasteiger partial charge in [0.2, 0.25) is 0 Å². The van der Waals surface area contributed by atoms with Crippen LogP contribution in [-0.2, 0) is 16.0 Å². The minimum Gasteiger partial charge on any atom is -0.497 e. The van der Waals surface area contributed by atoms with Gasteiger partial charge in [0.25, 0.3) is 11.8 Å². The van der Waals surface area contributed by atoms with E-state index in [0.29, 0.717) is 25.3 Å². The Morgan fingerprint density at radius 2 is 1.90 bits per heavy atom. The summed E-state index contributed by atoms with van der Waals surface area (Å²) >= 11 is 0. The predicted octanol–water partition coefficient (Wildman–Crippen LogP) is 4.57. The third-order valence-corrected chi connectivity index (χ3v) is 8.36. The number of para-hydroxylation sites is 2. The molecule has 9 nitrogen and oxygen atoms in total. The first kappa shape index (κ1) is 25.3. The van der Waals surface area contributed by atoms with E-state index in [2.05, 4.69) is 10.3 Å². The monoisotopic (exact) mass is 550 g/mol. The van der Waals surface area contributed by atoms with E-state index < -0.39 is 18.1 Å². The Bertz CT molecular complexity index is 1670. The number of carbonyl (C=O) groups is 3. The number of fused-ring (bicyclic) bond motifs is 4. The highest BCUT2D eigenvalue weighted by Gasteiger charge is 2.53. The fraction of sp³-hybridized carbons (Fsp3) is 0.281. The minimum atomic E-state index is -0.728. The van der Waals surface area contributed by atoms with Crippen LogP contribution in [0.25, 0.3) is 10.9 Å². The van der Waals surface area contributed by atoms with Gasteiger partial charge in [-0.1, -0.05) is 42.5 Å². The number of ether oxygens (including phenoxy) is 2. The lowest BCUT2D eigenvalue weighted by atomic mass is 9.89. The second-order valence-corrected chi connectivity index (χ2v) is 10.7. The zero-order chi connectivity index (χ0) is 28.1. The highest BCUT2D eigenvalue weighted by atomic mass is 16.5. The number of rotatable bonds is 6. The number of anilines is 1. The summed E-state index contributed by atoms with van der Waals surface area (Å²) in [5.74, 6) is -0.0364. The Kier molecular flexibility index (Phi) is 6.23. The number of benzene rings is 3. The standard InChI is InChI=1S/C32H30N4O5/c1-40-20-9-6-8-19(16-20)29-28-24(22-11-2-4-13-25(22)34-28)17-27-31(38)36(32(39)35(27)29)26-14-5-3-12-23(26)30(37)33-18-21-10-7-15-41-21/h2-6,8-9,11-14,16,21,27,29,34H,7,10,15,17-18H2,1H3,(H,33,37)/t21-,27+,29-/m1/s1. The summed E-state index contributed by atoms with van der Waals surface area (Å²) in [6.07, 6.45) is 2.20. The van der Waals surface area contributed by atoms with Gasteiger partial charge >= 0.3 is 6.03 Å². The predicted molar refractivity (Wildman–Crippen MR) is 153 cm³/mol. The van der Waals surface area contributed by atoms with Gasteiger partial charge in [0, 0.05) is 36.2 Å². The second kappa shape index (κ2) is 10.1. The first-order valence-electron chi connectivity index (χ1n) is 13.9. The van der Waals surface area contributed by atoms with E-state index in [1.54, 1.807) is 36.3 Å². The zero-order valence-corrected chi connectivity index (χ0v) is 22.6. The van der Waals surface area contributed by atoms with Gasteiger partial charge in [0.05, 0.1) is 24.5 Å². The molecule has 4 amide bonds. The molecule has 4 aromatic rings. The van der Waals surface area contributed by atoms with Crippen LogP contribution >= 0.6 is 0 Å². The number of hydrogen-bond donors (Lipinski definition) is 2. The van der Waals surface area contributed by atoms with E-state index in [0.717, 1.165) is 40.6 Å². The molecular formula is C32H30N4O5. The number of aromatic amines is 1. The maximum absolute atomic E-state index is 14.3. The average Bonchev–Trinajstić information content (AvgIpc) is 3.72. The molecule has 3 atom stereocenters. The van der Waals surface area contributed by atoms with Gasteiger partial charge in [0.15, 0.2) is 0 Å². The maximum atomic E-state index is 14.3. The molecule has 2 saturated heterocycles. The van der Waals surface area contributed by atoms with Crippen LogP contribution in [0, 0.1) is 0 Å². The van der Waals surface area contributed by atoms with E-state index in [9.17, 15) is 14.4 Å². The zero-order valence-electron chi connectivity index (χ0n) is 22.6. The molecular weight excluding hydrogens is 520 g/mol. The first-order chi connectivity index (χ1) is 20.0. The molecule has 0 radical (unpaired) electrons. The van der Waals surface area contributed by atoms with Crippen molar-refractivity contribution in [1.29, 1.82) is 0 Å². The molecule has 41 heavy (non-hydrogen) atoms. The van der Waals surface area contributed by atoms with Crippen LogP contribution in [0.2, 0.25) is 0 Å². The number of carbonyl (C=O) groups excluding carboxylic acids is 3. The molecule has 208 valence electrons.